The Morgan fingerprint density at radius 3 is 3.00 bits per heavy atom. The first-order valence-corrected chi connectivity index (χ1v) is 5.32. The number of pyridine rings is 1. The number of rotatable bonds is 6. The highest BCUT2D eigenvalue weighted by Gasteiger charge is 2.04. The average molecular weight is 205 g/mol. The van der Waals surface area contributed by atoms with E-state index < -0.39 is 0 Å². The van der Waals surface area contributed by atoms with Gasteiger partial charge < -0.3 is 10.6 Å². The van der Waals surface area contributed by atoms with Crippen molar-refractivity contribution in [2.24, 2.45) is 5.73 Å². The van der Waals surface area contributed by atoms with Crippen molar-refractivity contribution in [1.29, 1.82) is 0 Å². The highest BCUT2D eigenvalue weighted by molar-refractivity contribution is 5.47. The standard InChI is InChI=1S/C12H19N3/c1-3-7-15(8-4-2)12-5-6-14-11(9-12)10-13/h3,5-6,9H,1,4,7-8,10,13H2,2H3. The zero-order valence-electron chi connectivity index (χ0n) is 9.32. The van der Waals surface area contributed by atoms with Crippen LogP contribution in [0, 0.1) is 0 Å². The van der Waals surface area contributed by atoms with Crippen LogP contribution in [0.2, 0.25) is 0 Å². The molecule has 0 atom stereocenters. The van der Waals surface area contributed by atoms with Crippen LogP contribution in [0.5, 0.6) is 0 Å². The van der Waals surface area contributed by atoms with E-state index in [2.05, 4.69) is 23.4 Å². The number of anilines is 1. The molecule has 0 aliphatic rings. The molecule has 1 aromatic rings. The lowest BCUT2D eigenvalue weighted by Gasteiger charge is -2.22. The molecule has 0 saturated heterocycles. The molecule has 2 N–H and O–H groups in total. The zero-order chi connectivity index (χ0) is 11.1. The van der Waals surface area contributed by atoms with Crippen LogP contribution in [-0.4, -0.2) is 18.1 Å². The molecule has 0 aliphatic carbocycles. The molecule has 0 saturated carbocycles. The molecular formula is C12H19N3. The van der Waals surface area contributed by atoms with Gasteiger partial charge in [-0.15, -0.1) is 6.58 Å². The highest BCUT2D eigenvalue weighted by Crippen LogP contribution is 2.14. The van der Waals surface area contributed by atoms with Gasteiger partial charge in [0.05, 0.1) is 5.69 Å². The van der Waals surface area contributed by atoms with Crippen LogP contribution in [-0.2, 0) is 6.54 Å². The van der Waals surface area contributed by atoms with Crippen molar-refractivity contribution in [3.8, 4) is 0 Å². The molecule has 0 fully saturated rings. The molecule has 0 radical (unpaired) electrons. The lowest BCUT2D eigenvalue weighted by molar-refractivity contribution is 0.813. The summed E-state index contributed by atoms with van der Waals surface area (Å²) in [6.45, 7) is 8.32. The number of aromatic nitrogens is 1. The van der Waals surface area contributed by atoms with E-state index in [0.29, 0.717) is 6.54 Å². The average Bonchev–Trinajstić information content (AvgIpc) is 2.29. The second kappa shape index (κ2) is 6.19. The summed E-state index contributed by atoms with van der Waals surface area (Å²) in [7, 11) is 0. The summed E-state index contributed by atoms with van der Waals surface area (Å²) in [5, 5.41) is 0. The Kier molecular flexibility index (Phi) is 4.84. The topological polar surface area (TPSA) is 42.2 Å². The maximum absolute atomic E-state index is 5.57. The Morgan fingerprint density at radius 1 is 1.60 bits per heavy atom. The second-order valence-corrected chi connectivity index (χ2v) is 3.44. The van der Waals surface area contributed by atoms with Crippen molar-refractivity contribution in [2.75, 3.05) is 18.0 Å². The third-order valence-electron chi connectivity index (χ3n) is 2.22. The maximum atomic E-state index is 5.57. The first kappa shape index (κ1) is 11.7. The molecule has 1 heterocycles. The van der Waals surface area contributed by atoms with E-state index >= 15 is 0 Å². The van der Waals surface area contributed by atoms with Crippen LogP contribution in [0.3, 0.4) is 0 Å². The Labute approximate surface area is 91.6 Å². The molecule has 1 aromatic heterocycles. The predicted molar refractivity (Wildman–Crippen MR) is 64.8 cm³/mol. The summed E-state index contributed by atoms with van der Waals surface area (Å²) in [6, 6.07) is 4.05. The lowest BCUT2D eigenvalue weighted by Crippen LogP contribution is -2.24. The zero-order valence-corrected chi connectivity index (χ0v) is 9.32. The smallest absolute Gasteiger partial charge is 0.0560 e. The number of hydrogen-bond donors (Lipinski definition) is 1. The van der Waals surface area contributed by atoms with Gasteiger partial charge in [0.25, 0.3) is 0 Å². The number of nitrogens with two attached hydrogens (primary N) is 1. The largest absolute Gasteiger partial charge is 0.368 e. The Bertz CT molecular complexity index is 309. The van der Waals surface area contributed by atoms with Gasteiger partial charge in [0.15, 0.2) is 0 Å². The van der Waals surface area contributed by atoms with E-state index in [1.165, 1.54) is 5.69 Å². The van der Waals surface area contributed by atoms with Gasteiger partial charge in [-0.25, -0.2) is 0 Å². The van der Waals surface area contributed by atoms with E-state index in [4.69, 9.17) is 5.73 Å². The molecule has 82 valence electrons. The Morgan fingerprint density at radius 2 is 2.40 bits per heavy atom. The lowest BCUT2D eigenvalue weighted by atomic mass is 10.2. The van der Waals surface area contributed by atoms with Crippen LogP contribution in [0.15, 0.2) is 31.0 Å². The van der Waals surface area contributed by atoms with Gasteiger partial charge in [-0.1, -0.05) is 13.0 Å². The second-order valence-electron chi connectivity index (χ2n) is 3.44. The molecule has 0 aliphatic heterocycles. The molecule has 15 heavy (non-hydrogen) atoms. The van der Waals surface area contributed by atoms with E-state index in [1.54, 1.807) is 0 Å². The number of hydrogen-bond acceptors (Lipinski definition) is 3. The van der Waals surface area contributed by atoms with Crippen LogP contribution < -0.4 is 10.6 Å². The molecule has 0 unspecified atom stereocenters. The van der Waals surface area contributed by atoms with E-state index in [1.807, 2.05) is 24.4 Å². The van der Waals surface area contributed by atoms with E-state index in [9.17, 15) is 0 Å². The summed E-state index contributed by atoms with van der Waals surface area (Å²) in [5.74, 6) is 0. The minimum absolute atomic E-state index is 0.488. The maximum Gasteiger partial charge on any atom is 0.0560 e. The first-order chi connectivity index (χ1) is 7.31. The van der Waals surface area contributed by atoms with Gasteiger partial charge in [-0.3, -0.25) is 4.98 Å². The molecule has 3 nitrogen and oxygen atoms in total. The summed E-state index contributed by atoms with van der Waals surface area (Å²) < 4.78 is 0. The van der Waals surface area contributed by atoms with Crippen LogP contribution in [0.4, 0.5) is 5.69 Å². The van der Waals surface area contributed by atoms with Crippen LogP contribution in [0.25, 0.3) is 0 Å². The van der Waals surface area contributed by atoms with Crippen LogP contribution in [0.1, 0.15) is 19.0 Å². The van der Waals surface area contributed by atoms with Crippen molar-refractivity contribution in [2.45, 2.75) is 19.9 Å². The fourth-order valence-corrected chi connectivity index (χ4v) is 1.53. The molecule has 3 heteroatoms. The normalized spacial score (nSPS) is 10.0. The molecule has 0 amide bonds. The molecule has 0 spiro atoms. The van der Waals surface area contributed by atoms with E-state index in [-0.39, 0.29) is 0 Å². The third kappa shape index (κ3) is 3.36. The van der Waals surface area contributed by atoms with Gasteiger partial charge in [0.1, 0.15) is 0 Å². The summed E-state index contributed by atoms with van der Waals surface area (Å²) >= 11 is 0. The fourth-order valence-electron chi connectivity index (χ4n) is 1.53. The van der Waals surface area contributed by atoms with Gasteiger partial charge in [-0.05, 0) is 18.6 Å². The Hall–Kier alpha value is -1.35. The molecule has 1 rings (SSSR count). The number of nitrogens with zero attached hydrogens (tertiary/aromatic N) is 2. The predicted octanol–water partition coefficient (Wildman–Crippen LogP) is 1.94. The van der Waals surface area contributed by atoms with Crippen molar-refractivity contribution in [1.82, 2.24) is 4.98 Å². The molecule has 0 bridgehead atoms. The van der Waals surface area contributed by atoms with Crippen molar-refractivity contribution >= 4 is 5.69 Å². The van der Waals surface area contributed by atoms with Gasteiger partial charge >= 0.3 is 0 Å². The molecule has 0 aromatic carbocycles. The van der Waals surface area contributed by atoms with Gasteiger partial charge in [0.2, 0.25) is 0 Å². The van der Waals surface area contributed by atoms with Gasteiger partial charge in [-0.2, -0.15) is 0 Å². The molecular weight excluding hydrogens is 186 g/mol. The summed E-state index contributed by atoms with van der Waals surface area (Å²) in [4.78, 5) is 6.45. The monoisotopic (exact) mass is 205 g/mol. The summed E-state index contributed by atoms with van der Waals surface area (Å²) in [5.41, 5.74) is 7.67. The fraction of sp³-hybridized carbons (Fsp3) is 0.417. The van der Waals surface area contributed by atoms with Crippen molar-refractivity contribution < 1.29 is 0 Å². The van der Waals surface area contributed by atoms with Crippen molar-refractivity contribution in [3.63, 3.8) is 0 Å². The third-order valence-corrected chi connectivity index (χ3v) is 2.22. The van der Waals surface area contributed by atoms with Crippen LogP contribution >= 0.6 is 0 Å². The minimum atomic E-state index is 0.488. The van der Waals surface area contributed by atoms with Gasteiger partial charge in [0, 0.05) is 31.5 Å². The quantitative estimate of drug-likeness (QED) is 0.722. The summed E-state index contributed by atoms with van der Waals surface area (Å²) in [6.07, 6.45) is 4.84. The first-order valence-electron chi connectivity index (χ1n) is 5.32. The van der Waals surface area contributed by atoms with E-state index in [0.717, 1.165) is 25.2 Å². The van der Waals surface area contributed by atoms with Crippen molar-refractivity contribution in [3.05, 3.63) is 36.7 Å². The SMILES string of the molecule is C=CCN(CCC)c1ccnc(CN)c1. The Balaban J connectivity index is 2.83. The highest BCUT2D eigenvalue weighted by atomic mass is 15.1. The minimum Gasteiger partial charge on any atom is -0.368 e.